The lowest BCUT2D eigenvalue weighted by molar-refractivity contribution is -0.142. The number of aryl methyl sites for hydroxylation is 3. The molecule has 1 aliphatic rings. The van der Waals surface area contributed by atoms with Crippen LogP contribution >= 0.6 is 0 Å². The Bertz CT molecular complexity index is 1100. The molecule has 3 aromatic rings. The van der Waals surface area contributed by atoms with Crippen LogP contribution in [0, 0.1) is 6.92 Å². The molecule has 1 saturated heterocycles. The molecule has 1 aliphatic heterocycles. The number of aromatic nitrogens is 5. The van der Waals surface area contributed by atoms with Crippen molar-refractivity contribution in [1.29, 1.82) is 0 Å². The molecular weight excluding hydrogens is 397 g/mol. The Hall–Kier alpha value is -2.91. The van der Waals surface area contributed by atoms with Crippen molar-refractivity contribution in [3.63, 3.8) is 0 Å². The van der Waals surface area contributed by atoms with Crippen molar-refractivity contribution in [1.82, 2.24) is 29.3 Å². The highest BCUT2D eigenvalue weighted by Crippen LogP contribution is 2.32. The van der Waals surface area contributed by atoms with Gasteiger partial charge in [0.1, 0.15) is 11.4 Å². The first-order chi connectivity index (χ1) is 14.2. The summed E-state index contributed by atoms with van der Waals surface area (Å²) in [6.45, 7) is 4.50. The molecule has 0 spiro atoms. The van der Waals surface area contributed by atoms with Crippen LogP contribution in [0.2, 0.25) is 0 Å². The number of carbonyl (C=O) groups excluding carboxylic acids is 1. The van der Waals surface area contributed by atoms with Gasteiger partial charge in [0.05, 0.1) is 11.4 Å². The largest absolute Gasteiger partial charge is 0.433 e. The van der Waals surface area contributed by atoms with Gasteiger partial charge in [0.2, 0.25) is 0 Å². The SMILES string of the molecule is CCCc1cc(C(=O)N2CCC(c3cc4nc(C)cc(C(F)(F)F)n4n3)C2)n(C)n1. The third-order valence-electron chi connectivity index (χ3n) is 5.41. The monoisotopic (exact) mass is 420 g/mol. The summed E-state index contributed by atoms with van der Waals surface area (Å²) in [4.78, 5) is 18.8. The van der Waals surface area contributed by atoms with Gasteiger partial charge < -0.3 is 4.90 Å². The molecule has 1 fully saturated rings. The van der Waals surface area contributed by atoms with Crippen molar-refractivity contribution in [2.75, 3.05) is 13.1 Å². The van der Waals surface area contributed by atoms with E-state index < -0.39 is 11.9 Å². The summed E-state index contributed by atoms with van der Waals surface area (Å²) in [7, 11) is 1.74. The van der Waals surface area contributed by atoms with Crippen molar-refractivity contribution >= 4 is 11.6 Å². The highest BCUT2D eigenvalue weighted by molar-refractivity contribution is 5.93. The van der Waals surface area contributed by atoms with Gasteiger partial charge in [0.25, 0.3) is 5.91 Å². The lowest BCUT2D eigenvalue weighted by Gasteiger charge is -2.15. The quantitative estimate of drug-likeness (QED) is 0.649. The maximum absolute atomic E-state index is 13.4. The molecular formula is C20H23F3N6O. The Kier molecular flexibility index (Phi) is 5.03. The smallest absolute Gasteiger partial charge is 0.337 e. The summed E-state index contributed by atoms with van der Waals surface area (Å²) in [6.07, 6.45) is -2.14. The molecule has 3 aromatic heterocycles. The Morgan fingerprint density at radius 1 is 1.23 bits per heavy atom. The molecule has 7 nitrogen and oxygen atoms in total. The number of hydrogen-bond acceptors (Lipinski definition) is 4. The fraction of sp³-hybridized carbons (Fsp3) is 0.500. The minimum atomic E-state index is -4.53. The highest BCUT2D eigenvalue weighted by Gasteiger charge is 2.36. The molecule has 0 radical (unpaired) electrons. The lowest BCUT2D eigenvalue weighted by atomic mass is 10.1. The summed E-state index contributed by atoms with van der Waals surface area (Å²) < 4.78 is 42.6. The summed E-state index contributed by atoms with van der Waals surface area (Å²) in [5.41, 5.74) is 1.51. The van der Waals surface area contributed by atoms with Gasteiger partial charge >= 0.3 is 6.18 Å². The van der Waals surface area contributed by atoms with Gasteiger partial charge in [-0.15, -0.1) is 0 Å². The van der Waals surface area contributed by atoms with E-state index in [1.807, 2.05) is 6.07 Å². The standard InChI is InChI=1S/C20H23F3N6O/c1-4-5-14-9-16(27(3)25-14)19(30)28-7-6-13(11-28)15-10-18-24-12(2)8-17(20(21,22)23)29(18)26-15/h8-10,13H,4-7,11H2,1-3H3. The molecule has 0 bridgehead atoms. The third kappa shape index (κ3) is 3.66. The van der Waals surface area contributed by atoms with E-state index in [4.69, 9.17) is 0 Å². The average molecular weight is 420 g/mol. The number of carbonyl (C=O) groups is 1. The van der Waals surface area contributed by atoms with Crippen LogP contribution in [0.1, 0.15) is 58.9 Å². The molecule has 1 unspecified atom stereocenters. The first-order valence-corrected chi connectivity index (χ1v) is 9.94. The molecule has 0 N–H and O–H groups in total. The third-order valence-corrected chi connectivity index (χ3v) is 5.41. The number of halogens is 3. The van der Waals surface area contributed by atoms with E-state index in [1.54, 1.807) is 22.7 Å². The van der Waals surface area contributed by atoms with Crippen LogP contribution in [0.5, 0.6) is 0 Å². The van der Waals surface area contributed by atoms with Crippen molar-refractivity contribution < 1.29 is 18.0 Å². The van der Waals surface area contributed by atoms with Crippen LogP contribution in [0.3, 0.4) is 0 Å². The molecule has 0 aliphatic carbocycles. The van der Waals surface area contributed by atoms with Gasteiger partial charge in [-0.05, 0) is 31.9 Å². The fourth-order valence-corrected chi connectivity index (χ4v) is 3.97. The zero-order valence-corrected chi connectivity index (χ0v) is 17.1. The van der Waals surface area contributed by atoms with Crippen molar-refractivity contribution in [3.8, 4) is 0 Å². The van der Waals surface area contributed by atoms with E-state index in [-0.39, 0.29) is 23.2 Å². The summed E-state index contributed by atoms with van der Waals surface area (Å²) >= 11 is 0. The van der Waals surface area contributed by atoms with Crippen LogP contribution in [0.4, 0.5) is 13.2 Å². The maximum Gasteiger partial charge on any atom is 0.433 e. The van der Waals surface area contributed by atoms with Gasteiger partial charge in [-0.3, -0.25) is 9.48 Å². The van der Waals surface area contributed by atoms with E-state index in [9.17, 15) is 18.0 Å². The molecule has 0 saturated carbocycles. The van der Waals surface area contributed by atoms with E-state index >= 15 is 0 Å². The van der Waals surface area contributed by atoms with Gasteiger partial charge in [-0.25, -0.2) is 9.50 Å². The Labute approximate surface area is 171 Å². The molecule has 1 amide bonds. The molecule has 10 heteroatoms. The van der Waals surface area contributed by atoms with Crippen LogP contribution in [-0.2, 0) is 19.6 Å². The zero-order chi connectivity index (χ0) is 21.6. The van der Waals surface area contributed by atoms with Crippen LogP contribution in [0.25, 0.3) is 5.65 Å². The lowest BCUT2D eigenvalue weighted by Crippen LogP contribution is -2.30. The summed E-state index contributed by atoms with van der Waals surface area (Å²) in [5.74, 6) is -0.260. The summed E-state index contributed by atoms with van der Waals surface area (Å²) in [5, 5.41) is 8.57. The molecule has 30 heavy (non-hydrogen) atoms. The Morgan fingerprint density at radius 2 is 2.00 bits per heavy atom. The Balaban J connectivity index is 1.57. The van der Waals surface area contributed by atoms with Gasteiger partial charge in [0, 0.05) is 37.8 Å². The predicted octanol–water partition coefficient (Wildman–Crippen LogP) is 3.37. The zero-order valence-electron chi connectivity index (χ0n) is 17.1. The topological polar surface area (TPSA) is 68.3 Å². The number of hydrogen-bond donors (Lipinski definition) is 0. The summed E-state index contributed by atoms with van der Waals surface area (Å²) in [6, 6.07) is 4.39. The van der Waals surface area contributed by atoms with Gasteiger partial charge in [-0.2, -0.15) is 23.4 Å². The predicted molar refractivity (Wildman–Crippen MR) is 103 cm³/mol. The van der Waals surface area contributed by atoms with E-state index in [1.165, 1.54) is 6.92 Å². The van der Waals surface area contributed by atoms with E-state index in [0.29, 0.717) is 30.9 Å². The number of alkyl halides is 3. The van der Waals surface area contributed by atoms with Gasteiger partial charge in [-0.1, -0.05) is 13.3 Å². The second-order valence-corrected chi connectivity index (χ2v) is 7.75. The number of nitrogens with zero attached hydrogens (tertiary/aromatic N) is 6. The molecule has 0 aromatic carbocycles. The van der Waals surface area contributed by atoms with Gasteiger partial charge in [0.15, 0.2) is 5.65 Å². The molecule has 4 rings (SSSR count). The first-order valence-electron chi connectivity index (χ1n) is 9.94. The maximum atomic E-state index is 13.4. The second-order valence-electron chi connectivity index (χ2n) is 7.75. The minimum Gasteiger partial charge on any atom is -0.337 e. The van der Waals surface area contributed by atoms with E-state index in [0.717, 1.165) is 29.1 Å². The van der Waals surface area contributed by atoms with Crippen molar-refractivity contribution in [2.24, 2.45) is 7.05 Å². The minimum absolute atomic E-state index is 0.122. The number of rotatable bonds is 4. The van der Waals surface area contributed by atoms with Crippen molar-refractivity contribution in [2.45, 2.75) is 45.2 Å². The molecule has 160 valence electrons. The van der Waals surface area contributed by atoms with Crippen LogP contribution in [-0.4, -0.2) is 48.3 Å². The van der Waals surface area contributed by atoms with E-state index in [2.05, 4.69) is 22.1 Å². The van der Waals surface area contributed by atoms with Crippen molar-refractivity contribution in [3.05, 3.63) is 46.7 Å². The molecule has 4 heterocycles. The van der Waals surface area contributed by atoms with Crippen LogP contribution < -0.4 is 0 Å². The number of amides is 1. The average Bonchev–Trinajstić information content (AvgIpc) is 3.37. The highest BCUT2D eigenvalue weighted by atomic mass is 19.4. The fourth-order valence-electron chi connectivity index (χ4n) is 3.97. The molecule has 1 atom stereocenters. The van der Waals surface area contributed by atoms with Crippen LogP contribution in [0.15, 0.2) is 18.2 Å². The normalized spacial score (nSPS) is 17.3. The Morgan fingerprint density at radius 3 is 2.70 bits per heavy atom. The second kappa shape index (κ2) is 7.41. The first kappa shape index (κ1) is 20.4. The number of fused-ring (bicyclic) bond motifs is 1. The number of likely N-dealkylation sites (tertiary alicyclic amines) is 1.